The number of anilines is 1. The molecule has 0 saturated heterocycles. The number of ether oxygens (including phenoxy) is 2. The lowest BCUT2D eigenvalue weighted by Crippen LogP contribution is -2.18. The molecule has 1 N–H and O–H groups in total. The molecule has 1 aromatic heterocycles. The molecule has 2 aromatic carbocycles. The molecular weight excluding hydrogens is 316 g/mol. The van der Waals surface area contributed by atoms with Crippen LogP contribution in [0, 0.1) is 0 Å². The number of hydrogen-bond donors (Lipinski definition) is 1. The van der Waals surface area contributed by atoms with Crippen LogP contribution in [0.2, 0.25) is 0 Å². The van der Waals surface area contributed by atoms with Gasteiger partial charge in [0, 0.05) is 23.5 Å². The van der Waals surface area contributed by atoms with Crippen molar-refractivity contribution in [2.75, 3.05) is 12.1 Å². The van der Waals surface area contributed by atoms with Crippen molar-refractivity contribution >= 4 is 22.5 Å². The van der Waals surface area contributed by atoms with E-state index in [1.54, 1.807) is 12.1 Å². The summed E-state index contributed by atoms with van der Waals surface area (Å²) in [5, 5.41) is 4.06. The fraction of sp³-hybridized carbons (Fsp3) is 0.250. The molecule has 25 heavy (non-hydrogen) atoms. The zero-order valence-corrected chi connectivity index (χ0v) is 14.3. The molecule has 3 aromatic rings. The van der Waals surface area contributed by atoms with E-state index < -0.39 is 0 Å². The van der Waals surface area contributed by atoms with Gasteiger partial charge in [-0.2, -0.15) is 0 Å². The predicted octanol–water partition coefficient (Wildman–Crippen LogP) is 4.13. The Bertz CT molecular complexity index is 943. The largest absolute Gasteiger partial charge is 0.454 e. The molecular formula is C20H20N2O3. The Morgan fingerprint density at radius 3 is 2.80 bits per heavy atom. The molecule has 0 fully saturated rings. The Kier molecular flexibility index (Phi) is 3.84. The smallest absolute Gasteiger partial charge is 0.244 e. The quantitative estimate of drug-likeness (QED) is 0.779. The normalized spacial score (nSPS) is 12.8. The number of nitrogens with one attached hydrogen (secondary N) is 1. The predicted molar refractivity (Wildman–Crippen MR) is 97.2 cm³/mol. The number of fused-ring (bicyclic) bond motifs is 2. The van der Waals surface area contributed by atoms with Crippen molar-refractivity contribution in [2.45, 2.75) is 26.3 Å². The van der Waals surface area contributed by atoms with Crippen LogP contribution in [0.1, 0.15) is 25.3 Å². The van der Waals surface area contributed by atoms with Crippen molar-refractivity contribution < 1.29 is 14.3 Å². The average molecular weight is 336 g/mol. The third-order valence-electron chi connectivity index (χ3n) is 4.43. The zero-order chi connectivity index (χ0) is 17.4. The molecule has 0 radical (unpaired) electrons. The van der Waals surface area contributed by atoms with Gasteiger partial charge in [0.05, 0.1) is 0 Å². The minimum atomic E-state index is -0.0794. The van der Waals surface area contributed by atoms with Crippen LogP contribution >= 0.6 is 0 Å². The molecule has 1 aliphatic rings. The number of hydrogen-bond acceptors (Lipinski definition) is 3. The van der Waals surface area contributed by atoms with Gasteiger partial charge in [0.15, 0.2) is 11.5 Å². The molecule has 4 rings (SSSR count). The van der Waals surface area contributed by atoms with E-state index in [4.69, 9.17) is 9.47 Å². The molecule has 1 aliphatic heterocycles. The van der Waals surface area contributed by atoms with Crippen LogP contribution in [0.3, 0.4) is 0 Å². The second-order valence-electron chi connectivity index (χ2n) is 6.53. The summed E-state index contributed by atoms with van der Waals surface area (Å²) in [5.41, 5.74) is 3.06. The lowest BCUT2D eigenvalue weighted by molar-refractivity contribution is -0.116. The van der Waals surface area contributed by atoms with E-state index in [-0.39, 0.29) is 19.2 Å². The third kappa shape index (κ3) is 3.05. The van der Waals surface area contributed by atoms with Gasteiger partial charge in [0.2, 0.25) is 12.7 Å². The molecule has 0 spiro atoms. The molecule has 0 unspecified atom stereocenters. The monoisotopic (exact) mass is 336 g/mol. The fourth-order valence-corrected chi connectivity index (χ4v) is 3.05. The Labute approximate surface area is 146 Å². The molecule has 2 heterocycles. The summed E-state index contributed by atoms with van der Waals surface area (Å²) in [6.45, 7) is 4.84. The summed E-state index contributed by atoms with van der Waals surface area (Å²) in [7, 11) is 0. The summed E-state index contributed by atoms with van der Waals surface area (Å²) in [4.78, 5) is 12.4. The van der Waals surface area contributed by atoms with Crippen LogP contribution in [0.15, 0.2) is 48.7 Å². The van der Waals surface area contributed by atoms with Crippen LogP contribution in [0.5, 0.6) is 11.5 Å². The van der Waals surface area contributed by atoms with Crippen molar-refractivity contribution in [1.82, 2.24) is 4.57 Å². The molecule has 0 bridgehead atoms. The first-order valence-electron chi connectivity index (χ1n) is 8.38. The lowest BCUT2D eigenvalue weighted by atomic mass is 10.0. The highest BCUT2D eigenvalue weighted by Gasteiger charge is 2.14. The lowest BCUT2D eigenvalue weighted by Gasteiger charge is -2.09. The van der Waals surface area contributed by atoms with Gasteiger partial charge in [0.25, 0.3) is 0 Å². The molecule has 1 amide bonds. The first-order valence-corrected chi connectivity index (χ1v) is 8.38. The summed E-state index contributed by atoms with van der Waals surface area (Å²) >= 11 is 0. The summed E-state index contributed by atoms with van der Waals surface area (Å²) < 4.78 is 12.6. The standard InChI is InChI=1S/C20H20N2O3/c1-13(2)14-3-5-17-15(9-14)7-8-22(17)11-20(23)21-16-4-6-18-19(10-16)25-12-24-18/h3-10,13H,11-12H2,1-2H3,(H,21,23). The van der Waals surface area contributed by atoms with Crippen molar-refractivity contribution in [2.24, 2.45) is 0 Å². The Morgan fingerprint density at radius 1 is 1.12 bits per heavy atom. The number of carbonyl (C=O) groups is 1. The van der Waals surface area contributed by atoms with Crippen LogP contribution < -0.4 is 14.8 Å². The van der Waals surface area contributed by atoms with E-state index in [0.717, 1.165) is 10.9 Å². The maximum Gasteiger partial charge on any atom is 0.244 e. The van der Waals surface area contributed by atoms with Crippen LogP contribution in [-0.2, 0) is 11.3 Å². The molecule has 128 valence electrons. The highest BCUT2D eigenvalue weighted by atomic mass is 16.7. The van der Waals surface area contributed by atoms with Crippen LogP contribution in [-0.4, -0.2) is 17.3 Å². The molecule has 0 saturated carbocycles. The minimum absolute atomic E-state index is 0.0794. The molecule has 5 heteroatoms. The van der Waals surface area contributed by atoms with E-state index in [1.807, 2.05) is 16.8 Å². The number of aromatic nitrogens is 1. The van der Waals surface area contributed by atoms with Crippen LogP contribution in [0.25, 0.3) is 10.9 Å². The van der Waals surface area contributed by atoms with E-state index in [2.05, 4.69) is 43.4 Å². The number of nitrogens with zero attached hydrogens (tertiary/aromatic N) is 1. The van der Waals surface area contributed by atoms with Crippen molar-refractivity contribution in [3.63, 3.8) is 0 Å². The van der Waals surface area contributed by atoms with Gasteiger partial charge in [-0.1, -0.05) is 19.9 Å². The Hall–Kier alpha value is -2.95. The summed E-state index contributed by atoms with van der Waals surface area (Å²) in [6.07, 6.45) is 1.95. The first-order chi connectivity index (χ1) is 12.1. The van der Waals surface area contributed by atoms with Crippen molar-refractivity contribution in [3.8, 4) is 11.5 Å². The first kappa shape index (κ1) is 15.6. The SMILES string of the molecule is CC(C)c1ccc2c(ccn2CC(=O)Nc2ccc3c(c2)OCO3)c1. The Morgan fingerprint density at radius 2 is 1.96 bits per heavy atom. The number of carbonyl (C=O) groups excluding carboxylic acids is 1. The summed E-state index contributed by atoms with van der Waals surface area (Å²) in [6, 6.07) is 13.8. The van der Waals surface area contributed by atoms with Gasteiger partial charge in [-0.15, -0.1) is 0 Å². The number of rotatable bonds is 4. The van der Waals surface area contributed by atoms with Crippen LogP contribution in [0.4, 0.5) is 5.69 Å². The fourth-order valence-electron chi connectivity index (χ4n) is 3.05. The topological polar surface area (TPSA) is 52.5 Å². The van der Waals surface area contributed by atoms with Gasteiger partial charge in [-0.3, -0.25) is 4.79 Å². The van der Waals surface area contributed by atoms with Gasteiger partial charge < -0.3 is 19.4 Å². The molecule has 0 aliphatic carbocycles. The van der Waals surface area contributed by atoms with Crippen molar-refractivity contribution in [1.29, 1.82) is 0 Å². The van der Waals surface area contributed by atoms with Gasteiger partial charge in [-0.25, -0.2) is 0 Å². The average Bonchev–Trinajstić information content (AvgIpc) is 3.21. The second kappa shape index (κ2) is 6.16. The van der Waals surface area contributed by atoms with E-state index >= 15 is 0 Å². The molecule has 5 nitrogen and oxygen atoms in total. The van der Waals surface area contributed by atoms with Gasteiger partial charge >= 0.3 is 0 Å². The van der Waals surface area contributed by atoms with E-state index in [0.29, 0.717) is 23.1 Å². The highest BCUT2D eigenvalue weighted by molar-refractivity contribution is 5.92. The maximum atomic E-state index is 12.4. The minimum Gasteiger partial charge on any atom is -0.454 e. The Balaban J connectivity index is 1.50. The number of benzene rings is 2. The van der Waals surface area contributed by atoms with Gasteiger partial charge in [0.1, 0.15) is 6.54 Å². The second-order valence-corrected chi connectivity index (χ2v) is 6.53. The highest BCUT2D eigenvalue weighted by Crippen LogP contribution is 2.34. The van der Waals surface area contributed by atoms with Gasteiger partial charge in [-0.05, 0) is 47.2 Å². The van der Waals surface area contributed by atoms with Crippen molar-refractivity contribution in [3.05, 3.63) is 54.2 Å². The number of amides is 1. The van der Waals surface area contributed by atoms with E-state index in [1.165, 1.54) is 5.56 Å². The van der Waals surface area contributed by atoms with E-state index in [9.17, 15) is 4.79 Å². The molecule has 0 atom stereocenters. The third-order valence-corrected chi connectivity index (χ3v) is 4.43. The zero-order valence-electron chi connectivity index (χ0n) is 14.3. The maximum absolute atomic E-state index is 12.4. The summed E-state index contributed by atoms with van der Waals surface area (Å²) in [5.74, 6) is 1.77.